The van der Waals surface area contributed by atoms with Gasteiger partial charge >= 0.3 is 0 Å². The third-order valence-corrected chi connectivity index (χ3v) is 4.12. The molecule has 3 rings (SSSR count). The summed E-state index contributed by atoms with van der Waals surface area (Å²) in [6, 6.07) is 19.6. The van der Waals surface area contributed by atoms with E-state index < -0.39 is 0 Å². The highest BCUT2D eigenvalue weighted by atomic mass is 15.2. The van der Waals surface area contributed by atoms with Crippen molar-refractivity contribution in [1.82, 2.24) is 0 Å². The molecule has 0 fully saturated rings. The number of rotatable bonds is 2. The first-order valence-corrected chi connectivity index (χ1v) is 7.73. The van der Waals surface area contributed by atoms with Crippen LogP contribution in [0.3, 0.4) is 0 Å². The summed E-state index contributed by atoms with van der Waals surface area (Å²) in [6.45, 7) is 4.34. The first kappa shape index (κ1) is 13.9. The van der Waals surface area contributed by atoms with Gasteiger partial charge in [-0.15, -0.1) is 0 Å². The first-order valence-electron chi connectivity index (χ1n) is 7.73. The van der Waals surface area contributed by atoms with Crippen LogP contribution in [0.25, 0.3) is 0 Å². The van der Waals surface area contributed by atoms with Gasteiger partial charge in [0.1, 0.15) is 5.69 Å². The molecule has 21 heavy (non-hydrogen) atoms. The predicted octanol–water partition coefficient (Wildman–Crippen LogP) is 3.68. The number of benzene rings is 2. The summed E-state index contributed by atoms with van der Waals surface area (Å²) in [4.78, 5) is 2.46. The van der Waals surface area contributed by atoms with Crippen LogP contribution in [0.5, 0.6) is 0 Å². The van der Waals surface area contributed by atoms with Gasteiger partial charge in [-0.2, -0.15) is 0 Å². The SMILES string of the molecule is Cc1ccc(N2CCCC[N+](C)=C2c2ccccc2)cc1. The van der Waals surface area contributed by atoms with Crippen LogP contribution in [0.2, 0.25) is 0 Å². The molecule has 0 amide bonds. The Hall–Kier alpha value is -2.09. The van der Waals surface area contributed by atoms with Crippen molar-refractivity contribution < 1.29 is 4.58 Å². The second kappa shape index (κ2) is 6.13. The maximum absolute atomic E-state index is 2.46. The highest BCUT2D eigenvalue weighted by Crippen LogP contribution is 2.21. The number of aryl methyl sites for hydroxylation is 1. The number of anilines is 1. The second-order valence-corrected chi connectivity index (χ2v) is 5.81. The quantitative estimate of drug-likeness (QED) is 0.760. The van der Waals surface area contributed by atoms with Crippen molar-refractivity contribution in [3.8, 4) is 0 Å². The molecule has 1 aliphatic heterocycles. The van der Waals surface area contributed by atoms with E-state index in [0.717, 1.165) is 13.1 Å². The minimum atomic E-state index is 1.08. The molecule has 1 heterocycles. The monoisotopic (exact) mass is 279 g/mol. The van der Waals surface area contributed by atoms with Gasteiger partial charge in [-0.05, 0) is 44.0 Å². The van der Waals surface area contributed by atoms with E-state index in [1.54, 1.807) is 0 Å². The summed E-state index contributed by atoms with van der Waals surface area (Å²) in [5.74, 6) is 1.32. The predicted molar refractivity (Wildman–Crippen MR) is 89.4 cm³/mol. The van der Waals surface area contributed by atoms with E-state index >= 15 is 0 Å². The van der Waals surface area contributed by atoms with Crippen LogP contribution in [-0.2, 0) is 0 Å². The van der Waals surface area contributed by atoms with Gasteiger partial charge in [0.05, 0.1) is 25.7 Å². The molecule has 0 bridgehead atoms. The molecule has 0 saturated heterocycles. The Morgan fingerprint density at radius 1 is 0.905 bits per heavy atom. The number of amidine groups is 1. The van der Waals surface area contributed by atoms with Crippen molar-refractivity contribution in [2.45, 2.75) is 19.8 Å². The minimum absolute atomic E-state index is 1.08. The molecular formula is C19H23N2+. The van der Waals surface area contributed by atoms with Crippen LogP contribution in [0.4, 0.5) is 5.69 Å². The van der Waals surface area contributed by atoms with Gasteiger partial charge in [0.15, 0.2) is 0 Å². The number of nitrogens with zero attached hydrogens (tertiary/aromatic N) is 2. The Labute approximate surface area is 127 Å². The summed E-state index contributed by atoms with van der Waals surface area (Å²) in [6.07, 6.45) is 2.48. The lowest BCUT2D eigenvalue weighted by Gasteiger charge is -2.19. The van der Waals surface area contributed by atoms with Crippen LogP contribution < -0.4 is 4.90 Å². The lowest BCUT2D eigenvalue weighted by atomic mass is 10.1. The van der Waals surface area contributed by atoms with Crippen molar-refractivity contribution in [3.63, 3.8) is 0 Å². The normalized spacial score (nSPS) is 16.0. The van der Waals surface area contributed by atoms with E-state index in [-0.39, 0.29) is 0 Å². The molecule has 0 saturated carbocycles. The van der Waals surface area contributed by atoms with Crippen molar-refractivity contribution in [2.24, 2.45) is 0 Å². The van der Waals surface area contributed by atoms with Crippen LogP contribution in [-0.4, -0.2) is 30.5 Å². The van der Waals surface area contributed by atoms with Crippen molar-refractivity contribution in [2.75, 3.05) is 25.0 Å². The molecule has 2 nitrogen and oxygen atoms in total. The van der Waals surface area contributed by atoms with E-state index in [1.807, 2.05) is 0 Å². The zero-order valence-electron chi connectivity index (χ0n) is 12.9. The van der Waals surface area contributed by atoms with Crippen molar-refractivity contribution in [1.29, 1.82) is 0 Å². The van der Waals surface area contributed by atoms with E-state index in [2.05, 4.69) is 78.0 Å². The van der Waals surface area contributed by atoms with E-state index in [4.69, 9.17) is 0 Å². The molecular weight excluding hydrogens is 256 g/mol. The van der Waals surface area contributed by atoms with Gasteiger partial charge in [0.25, 0.3) is 5.84 Å². The largest absolute Gasteiger partial charge is 0.284 e. The average molecular weight is 279 g/mol. The zero-order chi connectivity index (χ0) is 14.7. The molecule has 2 aromatic rings. The Bertz CT molecular complexity index is 626. The molecule has 2 heteroatoms. The van der Waals surface area contributed by atoms with E-state index in [9.17, 15) is 0 Å². The van der Waals surface area contributed by atoms with Crippen molar-refractivity contribution >= 4 is 11.5 Å². The molecule has 0 unspecified atom stereocenters. The third kappa shape index (κ3) is 2.99. The molecule has 0 spiro atoms. The fraction of sp³-hybridized carbons (Fsp3) is 0.316. The molecule has 0 N–H and O–H groups in total. The molecule has 108 valence electrons. The third-order valence-electron chi connectivity index (χ3n) is 4.12. The summed E-state index contributed by atoms with van der Waals surface area (Å²) in [5.41, 5.74) is 3.89. The van der Waals surface area contributed by atoms with Gasteiger partial charge in [-0.3, -0.25) is 4.58 Å². The van der Waals surface area contributed by atoms with Crippen LogP contribution in [0, 0.1) is 6.92 Å². The molecule has 2 aromatic carbocycles. The second-order valence-electron chi connectivity index (χ2n) is 5.81. The summed E-state index contributed by atoms with van der Waals surface area (Å²) < 4.78 is 2.39. The first-order chi connectivity index (χ1) is 10.3. The Morgan fingerprint density at radius 2 is 1.62 bits per heavy atom. The molecule has 0 aromatic heterocycles. The zero-order valence-corrected chi connectivity index (χ0v) is 12.9. The van der Waals surface area contributed by atoms with Gasteiger partial charge in [-0.25, -0.2) is 4.90 Å². The fourth-order valence-corrected chi connectivity index (χ4v) is 2.98. The summed E-state index contributed by atoms with van der Waals surface area (Å²) in [7, 11) is 2.20. The van der Waals surface area contributed by atoms with Crippen LogP contribution >= 0.6 is 0 Å². The summed E-state index contributed by atoms with van der Waals surface area (Å²) in [5, 5.41) is 0. The lowest BCUT2D eigenvalue weighted by molar-refractivity contribution is -0.497. The van der Waals surface area contributed by atoms with Crippen LogP contribution in [0.1, 0.15) is 24.0 Å². The van der Waals surface area contributed by atoms with E-state index in [1.165, 1.54) is 35.5 Å². The standard InChI is InChI=1S/C19H23N2/c1-16-10-12-18(13-11-16)21-15-7-6-14-20(2)19(21)17-8-4-3-5-9-17/h3-5,8-13H,6-7,14-15H2,1-2H3/q+1. The smallest absolute Gasteiger partial charge is 0.264 e. The van der Waals surface area contributed by atoms with E-state index in [0.29, 0.717) is 0 Å². The Morgan fingerprint density at radius 3 is 2.33 bits per heavy atom. The van der Waals surface area contributed by atoms with Crippen LogP contribution in [0.15, 0.2) is 54.6 Å². The van der Waals surface area contributed by atoms with Gasteiger partial charge < -0.3 is 0 Å². The molecule has 0 atom stereocenters. The van der Waals surface area contributed by atoms with Gasteiger partial charge in [-0.1, -0.05) is 35.9 Å². The lowest BCUT2D eigenvalue weighted by Crippen LogP contribution is -2.37. The highest BCUT2D eigenvalue weighted by molar-refractivity contribution is 6.06. The highest BCUT2D eigenvalue weighted by Gasteiger charge is 2.27. The fourth-order valence-electron chi connectivity index (χ4n) is 2.98. The Kier molecular flexibility index (Phi) is 4.05. The minimum Gasteiger partial charge on any atom is -0.264 e. The number of hydrogen-bond donors (Lipinski definition) is 0. The number of hydrogen-bond acceptors (Lipinski definition) is 1. The van der Waals surface area contributed by atoms with Gasteiger partial charge in [0, 0.05) is 0 Å². The average Bonchev–Trinajstić information content (AvgIpc) is 2.71. The van der Waals surface area contributed by atoms with Gasteiger partial charge in [0.2, 0.25) is 0 Å². The maximum atomic E-state index is 2.46. The summed E-state index contributed by atoms with van der Waals surface area (Å²) >= 11 is 0. The molecule has 1 aliphatic rings. The topological polar surface area (TPSA) is 6.25 Å². The molecule has 0 radical (unpaired) electrons. The molecule has 0 aliphatic carbocycles. The van der Waals surface area contributed by atoms with Crippen molar-refractivity contribution in [3.05, 3.63) is 65.7 Å². The maximum Gasteiger partial charge on any atom is 0.284 e. The Balaban J connectivity index is 2.07.